The first-order chi connectivity index (χ1) is 10.2. The molecule has 1 aromatic carbocycles. The minimum absolute atomic E-state index is 0.0464. The number of amides is 1. The summed E-state index contributed by atoms with van der Waals surface area (Å²) >= 11 is 0. The summed E-state index contributed by atoms with van der Waals surface area (Å²) in [5.74, 6) is 1.34. The van der Waals surface area contributed by atoms with Gasteiger partial charge in [0.2, 0.25) is 0 Å². The standard InChI is InChI=1S/C17H26N2O2/c1-2-3-4-11-21-15-9-7-14(8-10-15)17(20)19-16(12-18)13-5-6-13/h7-10,13,16H,2-6,11-12,18H2,1H3,(H,19,20). The lowest BCUT2D eigenvalue weighted by atomic mass is 10.1. The summed E-state index contributed by atoms with van der Waals surface area (Å²) < 4.78 is 5.64. The zero-order valence-electron chi connectivity index (χ0n) is 12.8. The van der Waals surface area contributed by atoms with Crippen molar-refractivity contribution >= 4 is 5.91 Å². The van der Waals surface area contributed by atoms with Crippen LogP contribution in [-0.4, -0.2) is 25.1 Å². The van der Waals surface area contributed by atoms with Gasteiger partial charge in [-0.1, -0.05) is 19.8 Å². The second kappa shape index (κ2) is 8.03. The van der Waals surface area contributed by atoms with Crippen LogP contribution in [0.25, 0.3) is 0 Å². The summed E-state index contributed by atoms with van der Waals surface area (Å²) in [6.07, 6.45) is 5.78. The number of rotatable bonds is 9. The van der Waals surface area contributed by atoms with Crippen molar-refractivity contribution in [3.05, 3.63) is 29.8 Å². The number of nitrogens with two attached hydrogens (primary N) is 1. The summed E-state index contributed by atoms with van der Waals surface area (Å²) in [5, 5.41) is 3.02. The summed E-state index contributed by atoms with van der Waals surface area (Å²) in [7, 11) is 0. The number of benzene rings is 1. The molecule has 21 heavy (non-hydrogen) atoms. The zero-order valence-corrected chi connectivity index (χ0v) is 12.8. The molecule has 1 unspecified atom stereocenters. The van der Waals surface area contributed by atoms with E-state index in [0.717, 1.165) is 18.8 Å². The molecule has 1 saturated carbocycles. The molecule has 4 nitrogen and oxygen atoms in total. The SMILES string of the molecule is CCCCCOc1ccc(C(=O)NC(CN)C2CC2)cc1. The molecule has 1 aromatic rings. The largest absolute Gasteiger partial charge is 0.494 e. The number of nitrogens with one attached hydrogen (secondary N) is 1. The van der Waals surface area contributed by atoms with Crippen LogP contribution in [0, 0.1) is 5.92 Å². The van der Waals surface area contributed by atoms with E-state index >= 15 is 0 Å². The Kier molecular flexibility index (Phi) is 6.05. The van der Waals surface area contributed by atoms with Crippen LogP contribution >= 0.6 is 0 Å². The molecule has 0 bridgehead atoms. The summed E-state index contributed by atoms with van der Waals surface area (Å²) in [6.45, 7) is 3.41. The van der Waals surface area contributed by atoms with Crippen LogP contribution in [0.2, 0.25) is 0 Å². The van der Waals surface area contributed by atoms with Gasteiger partial charge in [-0.15, -0.1) is 0 Å². The van der Waals surface area contributed by atoms with Gasteiger partial charge in [0, 0.05) is 18.2 Å². The molecule has 0 saturated heterocycles. The van der Waals surface area contributed by atoms with Crippen molar-refractivity contribution in [2.24, 2.45) is 11.7 Å². The van der Waals surface area contributed by atoms with Gasteiger partial charge in [-0.3, -0.25) is 4.79 Å². The molecule has 2 rings (SSSR count). The fraction of sp³-hybridized carbons (Fsp3) is 0.588. The maximum atomic E-state index is 12.1. The fourth-order valence-corrected chi connectivity index (χ4v) is 2.36. The normalized spacial score (nSPS) is 15.5. The molecule has 1 fully saturated rings. The van der Waals surface area contributed by atoms with Gasteiger partial charge in [0.25, 0.3) is 5.91 Å². The van der Waals surface area contributed by atoms with Gasteiger partial charge >= 0.3 is 0 Å². The van der Waals surface area contributed by atoms with Crippen molar-refractivity contribution in [1.29, 1.82) is 0 Å². The van der Waals surface area contributed by atoms with Crippen molar-refractivity contribution in [3.63, 3.8) is 0 Å². The van der Waals surface area contributed by atoms with E-state index in [2.05, 4.69) is 12.2 Å². The Morgan fingerprint density at radius 3 is 2.62 bits per heavy atom. The summed E-state index contributed by atoms with van der Waals surface area (Å²) in [5.41, 5.74) is 6.37. The highest BCUT2D eigenvalue weighted by Gasteiger charge is 2.31. The molecular formula is C17H26N2O2. The van der Waals surface area contributed by atoms with Gasteiger partial charge in [-0.2, -0.15) is 0 Å². The molecule has 0 spiro atoms. The Hall–Kier alpha value is -1.55. The quantitative estimate of drug-likeness (QED) is 0.687. The Morgan fingerprint density at radius 1 is 1.33 bits per heavy atom. The maximum Gasteiger partial charge on any atom is 0.251 e. The van der Waals surface area contributed by atoms with E-state index in [-0.39, 0.29) is 11.9 Å². The lowest BCUT2D eigenvalue weighted by molar-refractivity contribution is 0.0933. The third-order valence-corrected chi connectivity index (χ3v) is 3.89. The van der Waals surface area contributed by atoms with Crippen molar-refractivity contribution in [3.8, 4) is 5.75 Å². The Bertz CT molecular complexity index is 441. The van der Waals surface area contributed by atoms with Crippen molar-refractivity contribution < 1.29 is 9.53 Å². The molecule has 1 amide bonds. The van der Waals surface area contributed by atoms with Crippen LogP contribution < -0.4 is 15.8 Å². The van der Waals surface area contributed by atoms with Gasteiger partial charge < -0.3 is 15.8 Å². The lowest BCUT2D eigenvalue weighted by Crippen LogP contribution is -2.41. The van der Waals surface area contributed by atoms with E-state index in [0.29, 0.717) is 18.0 Å². The molecule has 116 valence electrons. The Labute approximate surface area is 127 Å². The van der Waals surface area contributed by atoms with Crippen LogP contribution in [0.4, 0.5) is 0 Å². The molecule has 1 atom stereocenters. The van der Waals surface area contributed by atoms with Crippen molar-refractivity contribution in [2.45, 2.75) is 45.1 Å². The highest BCUT2D eigenvalue weighted by atomic mass is 16.5. The van der Waals surface area contributed by atoms with E-state index in [4.69, 9.17) is 10.5 Å². The monoisotopic (exact) mass is 290 g/mol. The number of hydrogen-bond donors (Lipinski definition) is 2. The van der Waals surface area contributed by atoms with Crippen LogP contribution in [-0.2, 0) is 0 Å². The van der Waals surface area contributed by atoms with E-state index in [9.17, 15) is 4.79 Å². The smallest absolute Gasteiger partial charge is 0.251 e. The number of ether oxygens (including phenoxy) is 1. The Morgan fingerprint density at radius 2 is 2.05 bits per heavy atom. The zero-order chi connectivity index (χ0) is 15.1. The minimum Gasteiger partial charge on any atom is -0.494 e. The fourth-order valence-electron chi connectivity index (χ4n) is 2.36. The predicted molar refractivity (Wildman–Crippen MR) is 84.5 cm³/mol. The van der Waals surface area contributed by atoms with Crippen molar-refractivity contribution in [2.75, 3.05) is 13.2 Å². The molecule has 3 N–H and O–H groups in total. The average Bonchev–Trinajstić information content (AvgIpc) is 3.34. The molecule has 1 aliphatic carbocycles. The topological polar surface area (TPSA) is 64.3 Å². The molecule has 1 aliphatic rings. The van der Waals surface area contributed by atoms with E-state index < -0.39 is 0 Å². The Balaban J connectivity index is 1.81. The molecule has 0 aromatic heterocycles. The van der Waals surface area contributed by atoms with E-state index in [1.165, 1.54) is 25.7 Å². The molecule has 0 heterocycles. The van der Waals surface area contributed by atoms with Crippen LogP contribution in [0.15, 0.2) is 24.3 Å². The third kappa shape index (κ3) is 5.05. The molecule has 0 aliphatic heterocycles. The van der Waals surface area contributed by atoms with Gasteiger partial charge in [0.1, 0.15) is 5.75 Å². The number of unbranched alkanes of at least 4 members (excludes halogenated alkanes) is 2. The van der Waals surface area contributed by atoms with E-state index in [1.807, 2.05) is 24.3 Å². The second-order valence-electron chi connectivity index (χ2n) is 5.73. The van der Waals surface area contributed by atoms with Gasteiger partial charge in [-0.25, -0.2) is 0 Å². The number of hydrogen-bond acceptors (Lipinski definition) is 3. The first kappa shape index (κ1) is 15.8. The predicted octanol–water partition coefficient (Wildman–Crippen LogP) is 2.72. The summed E-state index contributed by atoms with van der Waals surface area (Å²) in [4.78, 5) is 12.1. The van der Waals surface area contributed by atoms with E-state index in [1.54, 1.807) is 0 Å². The highest BCUT2D eigenvalue weighted by Crippen LogP contribution is 2.32. The second-order valence-corrected chi connectivity index (χ2v) is 5.73. The van der Waals surface area contributed by atoms with Crippen LogP contribution in [0.1, 0.15) is 49.4 Å². The number of carbonyl (C=O) groups is 1. The lowest BCUT2D eigenvalue weighted by Gasteiger charge is -2.16. The molecular weight excluding hydrogens is 264 g/mol. The molecule has 0 radical (unpaired) electrons. The average molecular weight is 290 g/mol. The van der Waals surface area contributed by atoms with Crippen molar-refractivity contribution in [1.82, 2.24) is 5.32 Å². The van der Waals surface area contributed by atoms with Crippen LogP contribution in [0.5, 0.6) is 5.75 Å². The van der Waals surface area contributed by atoms with Crippen LogP contribution in [0.3, 0.4) is 0 Å². The highest BCUT2D eigenvalue weighted by molar-refractivity contribution is 5.94. The van der Waals surface area contributed by atoms with Gasteiger partial charge in [-0.05, 0) is 49.4 Å². The van der Waals surface area contributed by atoms with Gasteiger partial charge in [0.05, 0.1) is 6.61 Å². The first-order valence-corrected chi connectivity index (χ1v) is 7.98. The minimum atomic E-state index is -0.0464. The maximum absolute atomic E-state index is 12.1. The van der Waals surface area contributed by atoms with Gasteiger partial charge in [0.15, 0.2) is 0 Å². The third-order valence-electron chi connectivity index (χ3n) is 3.89. The molecule has 4 heteroatoms. The number of carbonyl (C=O) groups excluding carboxylic acids is 1. The summed E-state index contributed by atoms with van der Waals surface area (Å²) in [6, 6.07) is 7.45. The first-order valence-electron chi connectivity index (χ1n) is 7.98.